The number of fused-ring (bicyclic) bond motifs is 3. The van der Waals surface area contributed by atoms with Crippen molar-refractivity contribution in [3.05, 3.63) is 92.4 Å². The molecule has 9 nitrogen and oxygen atoms in total. The van der Waals surface area contributed by atoms with Crippen LogP contribution in [0.15, 0.2) is 52.3 Å². The Morgan fingerprint density at radius 1 is 1.18 bits per heavy atom. The van der Waals surface area contributed by atoms with E-state index in [0.717, 1.165) is 28.2 Å². The van der Waals surface area contributed by atoms with Crippen molar-refractivity contribution >= 4 is 23.6 Å². The lowest BCUT2D eigenvalue weighted by molar-refractivity contribution is -0.271. The predicted molar refractivity (Wildman–Crippen MR) is 127 cm³/mol. The molecule has 2 N–H and O–H groups in total. The fourth-order valence-corrected chi connectivity index (χ4v) is 7.14. The molecule has 2 unspecified atom stereocenters. The van der Waals surface area contributed by atoms with Gasteiger partial charge in [0.25, 0.3) is 5.91 Å². The first-order valence-electron chi connectivity index (χ1n) is 11.8. The van der Waals surface area contributed by atoms with E-state index in [0.29, 0.717) is 17.5 Å². The molecule has 4 aliphatic rings. The van der Waals surface area contributed by atoms with E-state index >= 15 is 0 Å². The Kier molecular flexibility index (Phi) is 4.77. The van der Waals surface area contributed by atoms with Crippen molar-refractivity contribution in [3.8, 4) is 5.75 Å². The van der Waals surface area contributed by atoms with Crippen LogP contribution in [-0.4, -0.2) is 51.0 Å². The number of carbonyl (C=O) groups excluding carboxylic acids is 1. The van der Waals surface area contributed by atoms with Crippen LogP contribution in [0.3, 0.4) is 0 Å². The van der Waals surface area contributed by atoms with Gasteiger partial charge in [0, 0.05) is 28.5 Å². The number of pyridine rings is 1. The molecule has 1 aromatic heterocycles. The van der Waals surface area contributed by atoms with Crippen LogP contribution in [0.25, 0.3) is 0 Å². The van der Waals surface area contributed by atoms with Gasteiger partial charge >= 0.3 is 5.97 Å². The van der Waals surface area contributed by atoms with Crippen molar-refractivity contribution in [3.63, 3.8) is 0 Å². The van der Waals surface area contributed by atoms with Crippen molar-refractivity contribution in [2.24, 2.45) is 0 Å². The summed E-state index contributed by atoms with van der Waals surface area (Å²) in [7, 11) is 0. The molecule has 2 fully saturated rings. The van der Waals surface area contributed by atoms with Gasteiger partial charge in [0.15, 0.2) is 28.8 Å². The molecule has 38 heavy (non-hydrogen) atoms. The molecular weight excluding hydrogens is 520 g/mol. The van der Waals surface area contributed by atoms with E-state index in [1.165, 1.54) is 27.5 Å². The maximum Gasteiger partial charge on any atom is 0.334 e. The highest BCUT2D eigenvalue weighted by atomic mass is 32.2. The number of hydrogen-bond donors (Lipinski definition) is 2. The van der Waals surface area contributed by atoms with E-state index in [4.69, 9.17) is 4.74 Å². The second kappa shape index (κ2) is 7.81. The highest BCUT2D eigenvalue weighted by molar-refractivity contribution is 7.98. The van der Waals surface area contributed by atoms with Gasteiger partial charge < -0.3 is 19.8 Å². The molecule has 4 heterocycles. The zero-order valence-electron chi connectivity index (χ0n) is 19.4. The molecule has 0 radical (unpaired) electrons. The number of halogens is 2. The predicted octanol–water partition coefficient (Wildman–Crippen LogP) is 1.74. The van der Waals surface area contributed by atoms with Crippen LogP contribution in [0.1, 0.15) is 38.7 Å². The van der Waals surface area contributed by atoms with Gasteiger partial charge in [0.2, 0.25) is 0 Å². The molecule has 3 aromatic rings. The summed E-state index contributed by atoms with van der Waals surface area (Å²) in [5, 5.41) is 22.3. The molecule has 4 atom stereocenters. The summed E-state index contributed by atoms with van der Waals surface area (Å²) < 4.78 is 35.7. The summed E-state index contributed by atoms with van der Waals surface area (Å²) in [6.45, 7) is -0.326. The summed E-state index contributed by atoms with van der Waals surface area (Å²) in [6, 6.07) is 9.28. The maximum atomic E-state index is 14.6. The third-order valence-corrected chi connectivity index (χ3v) is 8.95. The fraction of sp³-hybridized carbons (Fsp3) is 0.269. The van der Waals surface area contributed by atoms with E-state index in [9.17, 15) is 33.4 Å². The molecule has 1 saturated carbocycles. The summed E-state index contributed by atoms with van der Waals surface area (Å²) in [5.74, 6) is -5.09. The van der Waals surface area contributed by atoms with Gasteiger partial charge in [0.1, 0.15) is 11.8 Å². The Morgan fingerprint density at radius 2 is 2.00 bits per heavy atom. The number of carboxylic acids is 1. The van der Waals surface area contributed by atoms with Crippen molar-refractivity contribution in [1.29, 1.82) is 0 Å². The molecule has 2 aromatic carbocycles. The first-order chi connectivity index (χ1) is 18.2. The molecule has 0 bridgehead atoms. The Labute approximate surface area is 217 Å². The number of rotatable bonds is 2. The lowest BCUT2D eigenvalue weighted by atomic mass is 9.93. The highest BCUT2D eigenvalue weighted by Crippen LogP contribution is 2.61. The number of carboxylic acid groups (broad SMARTS) is 1. The van der Waals surface area contributed by atoms with Gasteiger partial charge in [-0.3, -0.25) is 19.7 Å². The molecule has 3 aliphatic heterocycles. The van der Waals surface area contributed by atoms with Gasteiger partial charge in [-0.1, -0.05) is 18.2 Å². The summed E-state index contributed by atoms with van der Waals surface area (Å²) >= 11 is 1.37. The largest absolute Gasteiger partial charge is 0.868 e. The first kappa shape index (κ1) is 23.2. The third-order valence-electron chi connectivity index (χ3n) is 7.82. The number of amides is 1. The number of thioether (sulfide) groups is 1. The minimum absolute atomic E-state index is 0.238. The van der Waals surface area contributed by atoms with Crippen molar-refractivity contribution in [1.82, 2.24) is 9.58 Å². The number of carbonyl (C=O) groups is 2. The van der Waals surface area contributed by atoms with Gasteiger partial charge in [-0.25, -0.2) is 13.6 Å². The average molecular weight is 539 g/mol. The molecule has 1 amide bonds. The Hall–Kier alpha value is -3.90. The minimum atomic E-state index is -1.34. The number of hydrogen-bond acceptors (Lipinski definition) is 7. The zero-order chi connectivity index (χ0) is 26.5. The van der Waals surface area contributed by atoms with Gasteiger partial charge in [0.05, 0.1) is 12.5 Å². The number of nitrogens with one attached hydrogen (secondary N) is 1. The molecule has 7 rings (SSSR count). The van der Waals surface area contributed by atoms with Crippen LogP contribution in [0.5, 0.6) is 5.75 Å². The van der Waals surface area contributed by atoms with E-state index in [1.807, 2.05) is 18.2 Å². The Bertz CT molecular complexity index is 1640. The maximum absolute atomic E-state index is 14.6. The second-order valence-corrected chi connectivity index (χ2v) is 10.7. The van der Waals surface area contributed by atoms with Crippen LogP contribution in [0, 0.1) is 11.6 Å². The molecule has 194 valence electrons. The van der Waals surface area contributed by atoms with Crippen molar-refractivity contribution in [2.45, 2.75) is 40.9 Å². The van der Waals surface area contributed by atoms with Crippen LogP contribution >= 0.6 is 11.8 Å². The minimum Gasteiger partial charge on any atom is -0.868 e. The van der Waals surface area contributed by atoms with Gasteiger partial charge in [-0.2, -0.15) is 0 Å². The van der Waals surface area contributed by atoms with E-state index in [2.05, 4.69) is 5.43 Å². The molecule has 1 spiro atoms. The van der Waals surface area contributed by atoms with Gasteiger partial charge in [-0.15, -0.1) is 11.8 Å². The average Bonchev–Trinajstić information content (AvgIpc) is 3.58. The molecular formula is C26H18F2N3O6S-. The lowest BCUT2D eigenvalue weighted by Crippen LogP contribution is -2.64. The van der Waals surface area contributed by atoms with Crippen LogP contribution in [-0.2, 0) is 21.7 Å². The fourth-order valence-electron chi connectivity index (χ4n) is 5.99. The number of morpholine rings is 1. The van der Waals surface area contributed by atoms with E-state index in [1.54, 1.807) is 6.07 Å². The Morgan fingerprint density at radius 3 is 2.79 bits per heavy atom. The molecule has 1 saturated heterocycles. The SMILES string of the molecule is O=C(O)C1CN2C(=O)c3c([O-])c(=O)ccn3N[C@]23C(c2cccc4c2Cc2ccc(F)c(F)c2CS4)[C@@H]3O1. The van der Waals surface area contributed by atoms with Crippen molar-refractivity contribution in [2.75, 3.05) is 12.0 Å². The first-order valence-corrected chi connectivity index (χ1v) is 12.8. The zero-order valence-corrected chi connectivity index (χ0v) is 20.3. The smallest absolute Gasteiger partial charge is 0.334 e. The summed E-state index contributed by atoms with van der Waals surface area (Å²) in [5.41, 5.74) is 3.25. The quantitative estimate of drug-likeness (QED) is 0.506. The number of benzene rings is 2. The number of aromatic nitrogens is 1. The van der Waals surface area contributed by atoms with Gasteiger partial charge in [-0.05, 0) is 41.0 Å². The lowest BCUT2D eigenvalue weighted by Gasteiger charge is -2.44. The molecule has 1 aliphatic carbocycles. The third kappa shape index (κ3) is 2.98. The molecule has 12 heteroatoms. The van der Waals surface area contributed by atoms with E-state index in [-0.39, 0.29) is 12.3 Å². The summed E-state index contributed by atoms with van der Waals surface area (Å²) in [6.07, 6.45) is -0.522. The van der Waals surface area contributed by atoms with Crippen LogP contribution < -0.4 is 16.0 Å². The monoisotopic (exact) mass is 538 g/mol. The number of ether oxygens (including phenoxy) is 1. The van der Waals surface area contributed by atoms with Crippen LogP contribution in [0.2, 0.25) is 0 Å². The standard InChI is InChI=1S/C26H19F2N3O6S/c27-15-5-4-11-8-13-12(2-1-3-18(13)38-10-14(11)20(15)28)19-23-26(19)29-31-7-6-16(32)22(33)21(31)24(34)30(26)9-17(37-23)25(35)36/h1-7,17,19,23,29,33H,8-10H2,(H,35,36)/p-1/t17?,19?,23-,26+/m0/s1. The van der Waals surface area contributed by atoms with Crippen LogP contribution in [0.4, 0.5) is 8.78 Å². The topological polar surface area (TPSA) is 124 Å². The number of nitrogens with zero attached hydrogens (tertiary/aromatic N) is 2. The highest BCUT2D eigenvalue weighted by Gasteiger charge is 2.76. The van der Waals surface area contributed by atoms with Crippen molar-refractivity contribution < 1.29 is 33.3 Å². The van der Waals surface area contributed by atoms with E-state index < -0.39 is 64.2 Å². The normalized spacial score (nSPS) is 26.6. The Balaban J connectivity index is 1.37. The number of aliphatic carboxylic acids is 1. The second-order valence-electron chi connectivity index (χ2n) is 9.73. The summed E-state index contributed by atoms with van der Waals surface area (Å²) in [4.78, 5) is 39.6.